The van der Waals surface area contributed by atoms with Crippen LogP contribution in [0.15, 0.2) is 41.2 Å². The summed E-state index contributed by atoms with van der Waals surface area (Å²) in [6.45, 7) is 0. The van der Waals surface area contributed by atoms with E-state index in [0.717, 1.165) is 25.7 Å². The Morgan fingerprint density at radius 3 is 2.68 bits per heavy atom. The van der Waals surface area contributed by atoms with Crippen molar-refractivity contribution in [1.29, 1.82) is 0 Å². The Hall–Kier alpha value is -1.97. The molecule has 0 aliphatic rings. The molecule has 0 amide bonds. The number of hydrogen-bond donors (Lipinski definition) is 0. The van der Waals surface area contributed by atoms with Gasteiger partial charge in [0.05, 0.1) is 6.42 Å². The summed E-state index contributed by atoms with van der Waals surface area (Å²) < 4.78 is 4.81. The van der Waals surface area contributed by atoms with E-state index in [1.54, 1.807) is 0 Å². The number of carbonyl (C=O) groups is 1. The SMILES string of the molecule is O=C(CCCCCc1ccccc1)Cc1ncno1. The Kier molecular flexibility index (Phi) is 5.29. The molecule has 19 heavy (non-hydrogen) atoms. The number of nitrogens with zero attached hydrogens (tertiary/aromatic N) is 2. The lowest BCUT2D eigenvalue weighted by atomic mass is 10.0. The standard InChI is InChI=1S/C15H18N2O2/c18-14(11-15-16-12-17-19-15)10-6-2-5-9-13-7-3-1-4-8-13/h1,3-4,7-8,12H,2,5-6,9-11H2. The van der Waals surface area contributed by atoms with Gasteiger partial charge >= 0.3 is 0 Å². The minimum Gasteiger partial charge on any atom is -0.339 e. The lowest BCUT2D eigenvalue weighted by Crippen LogP contribution is -2.02. The lowest BCUT2D eigenvalue weighted by molar-refractivity contribution is -0.118. The van der Waals surface area contributed by atoms with Crippen molar-refractivity contribution in [3.63, 3.8) is 0 Å². The van der Waals surface area contributed by atoms with Gasteiger partial charge in [-0.25, -0.2) is 0 Å². The molecular formula is C15H18N2O2. The van der Waals surface area contributed by atoms with E-state index in [9.17, 15) is 4.79 Å². The first-order chi connectivity index (χ1) is 9.34. The maximum absolute atomic E-state index is 11.6. The van der Waals surface area contributed by atoms with Crippen LogP contribution in [0, 0.1) is 0 Å². The molecule has 0 spiro atoms. The van der Waals surface area contributed by atoms with Crippen molar-refractivity contribution in [2.24, 2.45) is 0 Å². The van der Waals surface area contributed by atoms with Crippen molar-refractivity contribution in [3.05, 3.63) is 48.1 Å². The third kappa shape index (κ3) is 5.04. The number of unbranched alkanes of at least 4 members (excludes halogenated alkanes) is 2. The summed E-state index contributed by atoms with van der Waals surface area (Å²) in [4.78, 5) is 15.5. The zero-order chi connectivity index (χ0) is 13.3. The predicted molar refractivity (Wildman–Crippen MR) is 71.6 cm³/mol. The normalized spacial score (nSPS) is 10.5. The van der Waals surface area contributed by atoms with E-state index in [1.807, 2.05) is 6.07 Å². The molecule has 0 N–H and O–H groups in total. The minimum absolute atomic E-state index is 0.170. The molecule has 1 heterocycles. The predicted octanol–water partition coefficient (Wildman–Crippen LogP) is 2.98. The first kappa shape index (κ1) is 13.5. The summed E-state index contributed by atoms with van der Waals surface area (Å²) in [5.41, 5.74) is 1.36. The number of aryl methyl sites for hydroxylation is 1. The van der Waals surface area contributed by atoms with Crippen molar-refractivity contribution in [1.82, 2.24) is 10.1 Å². The van der Waals surface area contributed by atoms with Gasteiger partial charge in [-0.05, 0) is 24.8 Å². The fourth-order valence-electron chi connectivity index (χ4n) is 2.00. The molecular weight excluding hydrogens is 240 g/mol. The first-order valence-corrected chi connectivity index (χ1v) is 6.66. The fraction of sp³-hybridized carbons (Fsp3) is 0.400. The lowest BCUT2D eigenvalue weighted by Gasteiger charge is -2.01. The molecule has 0 aliphatic heterocycles. The monoisotopic (exact) mass is 258 g/mol. The molecule has 0 atom stereocenters. The van der Waals surface area contributed by atoms with Crippen LogP contribution in [0.25, 0.3) is 0 Å². The van der Waals surface area contributed by atoms with E-state index >= 15 is 0 Å². The van der Waals surface area contributed by atoms with Crippen LogP contribution in [0.2, 0.25) is 0 Å². The average molecular weight is 258 g/mol. The number of hydrogen-bond acceptors (Lipinski definition) is 4. The number of aromatic nitrogens is 2. The molecule has 0 aliphatic carbocycles. The van der Waals surface area contributed by atoms with Crippen molar-refractivity contribution in [2.45, 2.75) is 38.5 Å². The van der Waals surface area contributed by atoms with Crippen LogP contribution in [0.5, 0.6) is 0 Å². The summed E-state index contributed by atoms with van der Waals surface area (Å²) in [5.74, 6) is 0.582. The maximum Gasteiger partial charge on any atom is 0.233 e. The van der Waals surface area contributed by atoms with Gasteiger partial charge in [-0.2, -0.15) is 4.98 Å². The third-order valence-corrected chi connectivity index (χ3v) is 3.02. The van der Waals surface area contributed by atoms with Crippen LogP contribution in [0.3, 0.4) is 0 Å². The summed E-state index contributed by atoms with van der Waals surface area (Å²) in [6.07, 6.45) is 6.39. The van der Waals surface area contributed by atoms with Gasteiger partial charge < -0.3 is 4.52 Å². The van der Waals surface area contributed by atoms with Crippen molar-refractivity contribution in [2.75, 3.05) is 0 Å². The number of ketones is 1. The smallest absolute Gasteiger partial charge is 0.233 e. The highest BCUT2D eigenvalue weighted by Gasteiger charge is 2.07. The molecule has 100 valence electrons. The van der Waals surface area contributed by atoms with Gasteiger partial charge in [-0.1, -0.05) is 41.9 Å². The average Bonchev–Trinajstić information content (AvgIpc) is 2.92. The Bertz CT molecular complexity index is 480. The molecule has 0 fully saturated rings. The summed E-state index contributed by atoms with van der Waals surface area (Å²) in [7, 11) is 0. The molecule has 0 unspecified atom stereocenters. The van der Waals surface area contributed by atoms with Gasteiger partial charge in [0.1, 0.15) is 5.78 Å². The second-order valence-electron chi connectivity index (χ2n) is 4.60. The summed E-state index contributed by atoms with van der Waals surface area (Å²) >= 11 is 0. The van der Waals surface area contributed by atoms with Gasteiger partial charge in [-0.15, -0.1) is 0 Å². The van der Waals surface area contributed by atoms with E-state index in [0.29, 0.717) is 12.3 Å². The molecule has 2 aromatic rings. The van der Waals surface area contributed by atoms with Gasteiger partial charge in [0.2, 0.25) is 5.89 Å². The Labute approximate surface area is 112 Å². The maximum atomic E-state index is 11.6. The number of carbonyl (C=O) groups excluding carboxylic acids is 1. The molecule has 0 radical (unpaired) electrons. The third-order valence-electron chi connectivity index (χ3n) is 3.02. The van der Waals surface area contributed by atoms with Gasteiger partial charge in [-0.3, -0.25) is 4.79 Å². The van der Waals surface area contributed by atoms with Crippen LogP contribution in [-0.2, 0) is 17.6 Å². The van der Waals surface area contributed by atoms with Crippen molar-refractivity contribution >= 4 is 5.78 Å². The highest BCUT2D eigenvalue weighted by molar-refractivity contribution is 5.79. The molecule has 2 rings (SSSR count). The van der Waals surface area contributed by atoms with Gasteiger partial charge in [0, 0.05) is 6.42 Å². The Morgan fingerprint density at radius 1 is 1.11 bits per heavy atom. The summed E-state index contributed by atoms with van der Waals surface area (Å²) in [6, 6.07) is 10.4. The number of benzene rings is 1. The molecule has 4 heteroatoms. The highest BCUT2D eigenvalue weighted by Crippen LogP contribution is 2.08. The second-order valence-corrected chi connectivity index (χ2v) is 4.60. The van der Waals surface area contributed by atoms with E-state index in [1.165, 1.54) is 11.9 Å². The molecule has 0 saturated heterocycles. The zero-order valence-corrected chi connectivity index (χ0v) is 10.9. The minimum atomic E-state index is 0.170. The zero-order valence-electron chi connectivity index (χ0n) is 10.9. The van der Waals surface area contributed by atoms with Crippen LogP contribution in [0.1, 0.15) is 37.1 Å². The van der Waals surface area contributed by atoms with E-state index < -0.39 is 0 Å². The largest absolute Gasteiger partial charge is 0.339 e. The van der Waals surface area contributed by atoms with Gasteiger partial charge in [0.25, 0.3) is 0 Å². The Morgan fingerprint density at radius 2 is 1.95 bits per heavy atom. The first-order valence-electron chi connectivity index (χ1n) is 6.66. The van der Waals surface area contributed by atoms with Crippen LogP contribution < -0.4 is 0 Å². The van der Waals surface area contributed by atoms with E-state index in [2.05, 4.69) is 34.4 Å². The highest BCUT2D eigenvalue weighted by atomic mass is 16.5. The van der Waals surface area contributed by atoms with Crippen LogP contribution in [-0.4, -0.2) is 15.9 Å². The topological polar surface area (TPSA) is 56.0 Å². The fourth-order valence-corrected chi connectivity index (χ4v) is 2.00. The van der Waals surface area contributed by atoms with E-state index in [4.69, 9.17) is 4.52 Å². The van der Waals surface area contributed by atoms with Crippen LogP contribution in [0.4, 0.5) is 0 Å². The number of Topliss-reactive ketones (excluding diaryl/α,β-unsaturated/α-hetero) is 1. The summed E-state index contributed by atoms with van der Waals surface area (Å²) in [5, 5.41) is 3.48. The van der Waals surface area contributed by atoms with E-state index in [-0.39, 0.29) is 12.2 Å². The molecule has 0 saturated carbocycles. The van der Waals surface area contributed by atoms with Crippen molar-refractivity contribution in [3.8, 4) is 0 Å². The molecule has 4 nitrogen and oxygen atoms in total. The molecule has 0 bridgehead atoms. The Balaban J connectivity index is 1.56. The molecule has 1 aromatic carbocycles. The molecule has 1 aromatic heterocycles. The van der Waals surface area contributed by atoms with Crippen molar-refractivity contribution < 1.29 is 9.32 Å². The van der Waals surface area contributed by atoms with Crippen LogP contribution >= 0.6 is 0 Å². The quantitative estimate of drug-likeness (QED) is 0.683. The number of rotatable bonds is 8. The second kappa shape index (κ2) is 7.46. The van der Waals surface area contributed by atoms with Gasteiger partial charge in [0.15, 0.2) is 6.33 Å².